The van der Waals surface area contributed by atoms with Gasteiger partial charge in [0.1, 0.15) is 5.76 Å². The molecule has 1 aliphatic rings. The van der Waals surface area contributed by atoms with Crippen LogP contribution in [0.3, 0.4) is 0 Å². The molecular weight excluding hydrogens is 330 g/mol. The van der Waals surface area contributed by atoms with Crippen molar-refractivity contribution in [2.45, 2.75) is 25.4 Å². The topological polar surface area (TPSA) is 66.5 Å². The highest BCUT2D eigenvalue weighted by atomic mass is 16.3. The standard InChI is InChI=1S/C19H29N5O2/c1-22(14-18(25)20-11-17-7-5-9-26-17)12-15-6-4-8-23(2)19(15)16-10-21-24(3)13-16/h5,7,9-10,13,15,19H,4,6,8,11-12,14H2,1-3H3,(H,20,25)/t15-,19+/m0/s1. The fourth-order valence-corrected chi connectivity index (χ4v) is 3.94. The summed E-state index contributed by atoms with van der Waals surface area (Å²) < 4.78 is 7.11. The Labute approximate surface area is 154 Å². The SMILES string of the molecule is CN(CC(=O)NCc1ccco1)C[C@@H]1CCCN(C)[C@H]1c1cnn(C)c1. The van der Waals surface area contributed by atoms with Gasteiger partial charge in [0.2, 0.25) is 5.91 Å². The smallest absolute Gasteiger partial charge is 0.234 e. The highest BCUT2D eigenvalue weighted by Gasteiger charge is 2.32. The number of piperidine rings is 1. The zero-order valence-electron chi connectivity index (χ0n) is 15.9. The van der Waals surface area contributed by atoms with E-state index in [0.29, 0.717) is 25.0 Å². The van der Waals surface area contributed by atoms with Crippen LogP contribution in [-0.2, 0) is 18.4 Å². The van der Waals surface area contributed by atoms with Crippen molar-refractivity contribution in [2.75, 3.05) is 33.7 Å². The monoisotopic (exact) mass is 359 g/mol. The van der Waals surface area contributed by atoms with Crippen LogP contribution in [0.1, 0.15) is 30.2 Å². The molecule has 1 saturated heterocycles. The van der Waals surface area contributed by atoms with E-state index in [9.17, 15) is 4.79 Å². The van der Waals surface area contributed by atoms with Crippen LogP contribution < -0.4 is 5.32 Å². The van der Waals surface area contributed by atoms with E-state index in [4.69, 9.17) is 4.42 Å². The van der Waals surface area contributed by atoms with E-state index in [-0.39, 0.29) is 5.91 Å². The van der Waals surface area contributed by atoms with Crippen molar-refractivity contribution in [1.82, 2.24) is 24.9 Å². The van der Waals surface area contributed by atoms with Crippen molar-refractivity contribution in [2.24, 2.45) is 13.0 Å². The van der Waals surface area contributed by atoms with Crippen LogP contribution in [0.2, 0.25) is 0 Å². The molecule has 142 valence electrons. The van der Waals surface area contributed by atoms with Gasteiger partial charge in [-0.1, -0.05) is 0 Å². The molecule has 7 nitrogen and oxygen atoms in total. The fourth-order valence-electron chi connectivity index (χ4n) is 3.94. The zero-order valence-corrected chi connectivity index (χ0v) is 15.9. The van der Waals surface area contributed by atoms with E-state index in [1.54, 1.807) is 6.26 Å². The lowest BCUT2D eigenvalue weighted by Gasteiger charge is -2.40. The Balaban J connectivity index is 1.54. The average molecular weight is 359 g/mol. The average Bonchev–Trinajstić information content (AvgIpc) is 3.24. The van der Waals surface area contributed by atoms with Gasteiger partial charge in [0.15, 0.2) is 0 Å². The molecule has 1 aliphatic heterocycles. The van der Waals surface area contributed by atoms with Gasteiger partial charge in [-0.15, -0.1) is 0 Å². The predicted octanol–water partition coefficient (Wildman–Crippen LogP) is 1.64. The Bertz CT molecular complexity index is 697. The van der Waals surface area contributed by atoms with Crippen molar-refractivity contribution < 1.29 is 9.21 Å². The summed E-state index contributed by atoms with van der Waals surface area (Å²) in [6.07, 6.45) is 8.05. The van der Waals surface area contributed by atoms with Crippen LogP contribution in [-0.4, -0.2) is 59.2 Å². The number of aryl methyl sites for hydroxylation is 1. The summed E-state index contributed by atoms with van der Waals surface area (Å²) in [5.74, 6) is 1.28. The van der Waals surface area contributed by atoms with Crippen molar-refractivity contribution in [3.05, 3.63) is 42.1 Å². The summed E-state index contributed by atoms with van der Waals surface area (Å²) in [6, 6.07) is 4.04. The highest BCUT2D eigenvalue weighted by Crippen LogP contribution is 2.35. The Morgan fingerprint density at radius 3 is 3.00 bits per heavy atom. The molecule has 3 rings (SSSR count). The maximum Gasteiger partial charge on any atom is 0.234 e. The number of carbonyl (C=O) groups excluding carboxylic acids is 1. The van der Waals surface area contributed by atoms with Gasteiger partial charge in [-0.25, -0.2) is 0 Å². The molecule has 7 heteroatoms. The molecule has 0 spiro atoms. The molecule has 0 saturated carbocycles. The number of carbonyl (C=O) groups is 1. The third-order valence-corrected chi connectivity index (χ3v) is 5.07. The minimum absolute atomic E-state index is 0.0194. The number of hydrogen-bond donors (Lipinski definition) is 1. The molecule has 1 amide bonds. The van der Waals surface area contributed by atoms with Crippen LogP contribution in [0, 0.1) is 5.92 Å². The number of rotatable bonds is 7. The summed E-state index contributed by atoms with van der Waals surface area (Å²) in [4.78, 5) is 16.7. The first-order valence-corrected chi connectivity index (χ1v) is 9.19. The number of amides is 1. The zero-order chi connectivity index (χ0) is 18.5. The van der Waals surface area contributed by atoms with Gasteiger partial charge >= 0.3 is 0 Å². The lowest BCUT2D eigenvalue weighted by molar-refractivity contribution is -0.122. The molecule has 1 N–H and O–H groups in total. The molecule has 2 aromatic rings. The number of likely N-dealkylation sites (N-methyl/N-ethyl adjacent to an activating group) is 1. The Morgan fingerprint density at radius 1 is 1.46 bits per heavy atom. The molecule has 0 aromatic carbocycles. The van der Waals surface area contributed by atoms with Gasteiger partial charge in [0, 0.05) is 31.4 Å². The second-order valence-corrected chi connectivity index (χ2v) is 7.33. The van der Waals surface area contributed by atoms with Crippen molar-refractivity contribution in [1.29, 1.82) is 0 Å². The van der Waals surface area contributed by atoms with Gasteiger partial charge in [-0.05, 0) is 51.5 Å². The lowest BCUT2D eigenvalue weighted by Crippen LogP contribution is -2.43. The summed E-state index contributed by atoms with van der Waals surface area (Å²) in [5.41, 5.74) is 1.26. The molecule has 0 radical (unpaired) electrons. The first-order valence-electron chi connectivity index (χ1n) is 9.19. The normalized spacial score (nSPS) is 21.2. The van der Waals surface area contributed by atoms with Crippen LogP contribution in [0.4, 0.5) is 0 Å². The number of nitrogens with one attached hydrogen (secondary N) is 1. The van der Waals surface area contributed by atoms with Crippen molar-refractivity contribution >= 4 is 5.91 Å². The second-order valence-electron chi connectivity index (χ2n) is 7.33. The Kier molecular flexibility index (Phi) is 6.11. The molecule has 0 aliphatic carbocycles. The van der Waals surface area contributed by atoms with Crippen LogP contribution in [0.15, 0.2) is 35.2 Å². The minimum Gasteiger partial charge on any atom is -0.467 e. The molecule has 26 heavy (non-hydrogen) atoms. The minimum atomic E-state index is 0.0194. The van der Waals surface area contributed by atoms with E-state index >= 15 is 0 Å². The summed E-state index contributed by atoms with van der Waals surface area (Å²) in [6.45, 7) is 2.81. The molecule has 2 aromatic heterocycles. The number of hydrogen-bond acceptors (Lipinski definition) is 5. The quantitative estimate of drug-likeness (QED) is 0.814. The largest absolute Gasteiger partial charge is 0.467 e. The van der Waals surface area contributed by atoms with Crippen molar-refractivity contribution in [3.8, 4) is 0 Å². The van der Waals surface area contributed by atoms with Gasteiger partial charge in [0.25, 0.3) is 0 Å². The van der Waals surface area contributed by atoms with E-state index in [1.807, 2.05) is 37.1 Å². The van der Waals surface area contributed by atoms with E-state index < -0.39 is 0 Å². The summed E-state index contributed by atoms with van der Waals surface area (Å²) in [5, 5.41) is 7.25. The number of nitrogens with zero attached hydrogens (tertiary/aromatic N) is 4. The first kappa shape index (κ1) is 18.7. The molecule has 0 bridgehead atoms. The maximum absolute atomic E-state index is 12.2. The number of aromatic nitrogens is 2. The highest BCUT2D eigenvalue weighted by molar-refractivity contribution is 5.77. The van der Waals surface area contributed by atoms with Crippen LogP contribution in [0.25, 0.3) is 0 Å². The van der Waals surface area contributed by atoms with Gasteiger partial charge in [-0.3, -0.25) is 19.3 Å². The Morgan fingerprint density at radius 2 is 2.31 bits per heavy atom. The summed E-state index contributed by atoms with van der Waals surface area (Å²) >= 11 is 0. The molecule has 3 heterocycles. The number of furan rings is 1. The van der Waals surface area contributed by atoms with Crippen molar-refractivity contribution in [3.63, 3.8) is 0 Å². The van der Waals surface area contributed by atoms with E-state index in [1.165, 1.54) is 18.4 Å². The molecule has 0 unspecified atom stereocenters. The fraction of sp³-hybridized carbons (Fsp3) is 0.579. The summed E-state index contributed by atoms with van der Waals surface area (Å²) in [7, 11) is 6.15. The molecule has 1 fully saturated rings. The first-order chi connectivity index (χ1) is 12.5. The number of likely N-dealkylation sites (tertiary alicyclic amines) is 1. The maximum atomic E-state index is 12.2. The van der Waals surface area contributed by atoms with E-state index in [0.717, 1.165) is 18.8 Å². The lowest BCUT2D eigenvalue weighted by atomic mass is 9.86. The van der Waals surface area contributed by atoms with Gasteiger partial charge in [-0.2, -0.15) is 5.10 Å². The van der Waals surface area contributed by atoms with Crippen LogP contribution in [0.5, 0.6) is 0 Å². The molecular formula is C19H29N5O2. The predicted molar refractivity (Wildman–Crippen MR) is 99.4 cm³/mol. The van der Waals surface area contributed by atoms with Gasteiger partial charge < -0.3 is 9.73 Å². The Hall–Kier alpha value is -2.12. The second kappa shape index (κ2) is 8.51. The third-order valence-electron chi connectivity index (χ3n) is 5.07. The van der Waals surface area contributed by atoms with E-state index in [2.05, 4.69) is 33.5 Å². The third kappa shape index (κ3) is 4.74. The van der Waals surface area contributed by atoms with Crippen LogP contribution >= 0.6 is 0 Å². The molecule has 2 atom stereocenters. The van der Waals surface area contributed by atoms with Gasteiger partial charge in [0.05, 0.1) is 25.5 Å².